The largest absolute Gasteiger partial charge is 0.329 e. The van der Waals surface area contributed by atoms with Crippen LogP contribution in [0.4, 0.5) is 5.69 Å². The van der Waals surface area contributed by atoms with Crippen LogP contribution in [0.2, 0.25) is 0 Å². The van der Waals surface area contributed by atoms with E-state index in [-0.39, 0.29) is 4.90 Å². The number of benzene rings is 1. The topological polar surface area (TPSA) is 61.8 Å². The fraction of sp³-hybridized carbons (Fsp3) is 0.417. The van der Waals surface area contributed by atoms with Crippen molar-refractivity contribution >= 4 is 22.0 Å². The highest BCUT2D eigenvalue weighted by atomic mass is 32.2. The van der Waals surface area contributed by atoms with E-state index in [1.54, 1.807) is 18.2 Å². The van der Waals surface area contributed by atoms with Gasteiger partial charge in [0.25, 0.3) is 10.0 Å². The van der Waals surface area contributed by atoms with E-state index in [0.717, 1.165) is 19.5 Å². The zero-order valence-corrected chi connectivity index (χ0v) is 11.2. The smallest absolute Gasteiger partial charge is 0.285 e. The SMILES string of the molecule is CCCNCCN1C=NS(=O)(=O)c2ccccc21. The molecular formula is C12H17N3O2S. The first-order valence-corrected chi connectivity index (χ1v) is 7.46. The molecule has 0 aromatic heterocycles. The molecule has 1 heterocycles. The summed E-state index contributed by atoms with van der Waals surface area (Å²) < 4.78 is 27.1. The quantitative estimate of drug-likeness (QED) is 0.815. The van der Waals surface area contributed by atoms with Crippen LogP contribution >= 0.6 is 0 Å². The summed E-state index contributed by atoms with van der Waals surface area (Å²) in [4.78, 5) is 2.14. The number of rotatable bonds is 5. The van der Waals surface area contributed by atoms with E-state index in [9.17, 15) is 8.42 Å². The second-order valence-electron chi connectivity index (χ2n) is 4.11. The Labute approximate surface area is 108 Å². The first kappa shape index (κ1) is 13.0. The van der Waals surface area contributed by atoms with E-state index in [2.05, 4.69) is 16.6 Å². The molecule has 0 saturated heterocycles. The zero-order valence-electron chi connectivity index (χ0n) is 10.3. The van der Waals surface area contributed by atoms with Crippen molar-refractivity contribution in [3.05, 3.63) is 24.3 Å². The molecule has 0 fully saturated rings. The van der Waals surface area contributed by atoms with Crippen molar-refractivity contribution in [3.63, 3.8) is 0 Å². The molecule has 2 rings (SSSR count). The summed E-state index contributed by atoms with van der Waals surface area (Å²) >= 11 is 0. The van der Waals surface area contributed by atoms with Crippen LogP contribution in [0.1, 0.15) is 13.3 Å². The number of nitrogens with zero attached hydrogens (tertiary/aromatic N) is 2. The van der Waals surface area contributed by atoms with Gasteiger partial charge in [-0.2, -0.15) is 8.42 Å². The van der Waals surface area contributed by atoms with Crippen LogP contribution in [-0.2, 0) is 10.0 Å². The molecule has 98 valence electrons. The molecule has 0 saturated carbocycles. The summed E-state index contributed by atoms with van der Waals surface area (Å²) in [6.07, 6.45) is 2.48. The molecule has 0 unspecified atom stereocenters. The van der Waals surface area contributed by atoms with E-state index in [1.807, 2.05) is 11.0 Å². The number of sulfonamides is 1. The van der Waals surface area contributed by atoms with Gasteiger partial charge in [0.1, 0.15) is 11.2 Å². The van der Waals surface area contributed by atoms with Gasteiger partial charge in [-0.3, -0.25) is 0 Å². The van der Waals surface area contributed by atoms with Gasteiger partial charge in [0.2, 0.25) is 0 Å². The minimum absolute atomic E-state index is 0.281. The third-order valence-corrected chi connectivity index (χ3v) is 4.01. The van der Waals surface area contributed by atoms with Gasteiger partial charge in [-0.1, -0.05) is 19.1 Å². The molecule has 18 heavy (non-hydrogen) atoms. The average molecular weight is 267 g/mol. The lowest BCUT2D eigenvalue weighted by Gasteiger charge is -2.25. The third kappa shape index (κ3) is 2.70. The number of hydrogen-bond acceptors (Lipinski definition) is 4. The van der Waals surface area contributed by atoms with Gasteiger partial charge in [0.05, 0.1) is 5.69 Å². The van der Waals surface area contributed by atoms with Crippen LogP contribution in [0, 0.1) is 0 Å². The summed E-state index contributed by atoms with van der Waals surface area (Å²) in [5, 5.41) is 3.28. The Hall–Kier alpha value is -1.40. The van der Waals surface area contributed by atoms with E-state index in [4.69, 9.17) is 0 Å². The summed E-state index contributed by atoms with van der Waals surface area (Å²) in [7, 11) is -3.50. The maximum absolute atomic E-state index is 11.8. The minimum atomic E-state index is -3.50. The molecule has 6 heteroatoms. The molecule has 1 aliphatic rings. The maximum atomic E-state index is 11.8. The van der Waals surface area contributed by atoms with Crippen molar-refractivity contribution in [3.8, 4) is 0 Å². The maximum Gasteiger partial charge on any atom is 0.285 e. The Morgan fingerprint density at radius 2 is 2.06 bits per heavy atom. The predicted molar refractivity (Wildman–Crippen MR) is 72.6 cm³/mol. The lowest BCUT2D eigenvalue weighted by molar-refractivity contribution is 0.596. The molecule has 0 atom stereocenters. The third-order valence-electron chi connectivity index (χ3n) is 2.73. The van der Waals surface area contributed by atoms with Crippen LogP contribution in [0.25, 0.3) is 0 Å². The van der Waals surface area contributed by atoms with Crippen molar-refractivity contribution in [2.75, 3.05) is 24.5 Å². The highest BCUT2D eigenvalue weighted by molar-refractivity contribution is 7.90. The standard InChI is InChI=1S/C12H17N3O2S/c1-2-7-13-8-9-15-10-14-18(16,17)12-6-4-3-5-11(12)15/h3-6,10,13H,2,7-9H2,1H3. The molecule has 1 aromatic carbocycles. The molecule has 0 radical (unpaired) electrons. The number of fused-ring (bicyclic) bond motifs is 1. The van der Waals surface area contributed by atoms with E-state index in [0.29, 0.717) is 12.2 Å². The molecule has 0 spiro atoms. The molecule has 1 N–H and O–H groups in total. The second kappa shape index (κ2) is 5.49. The van der Waals surface area contributed by atoms with Gasteiger partial charge >= 0.3 is 0 Å². The van der Waals surface area contributed by atoms with Gasteiger partial charge in [-0.25, -0.2) is 0 Å². The molecule has 0 bridgehead atoms. The van der Waals surface area contributed by atoms with E-state index in [1.165, 1.54) is 6.34 Å². The van der Waals surface area contributed by atoms with Crippen LogP contribution in [-0.4, -0.2) is 34.4 Å². The molecule has 5 nitrogen and oxygen atoms in total. The highest BCUT2D eigenvalue weighted by Gasteiger charge is 2.24. The monoisotopic (exact) mass is 267 g/mol. The van der Waals surface area contributed by atoms with Gasteiger partial charge in [-0.05, 0) is 25.1 Å². The molecule has 1 aliphatic heterocycles. The Balaban J connectivity index is 2.15. The van der Waals surface area contributed by atoms with Crippen LogP contribution in [0.3, 0.4) is 0 Å². The van der Waals surface area contributed by atoms with Crippen molar-refractivity contribution < 1.29 is 8.42 Å². The minimum Gasteiger partial charge on any atom is -0.329 e. The number of anilines is 1. The van der Waals surface area contributed by atoms with E-state index >= 15 is 0 Å². The van der Waals surface area contributed by atoms with Gasteiger partial charge in [-0.15, -0.1) is 4.40 Å². The van der Waals surface area contributed by atoms with Gasteiger partial charge in [0, 0.05) is 13.1 Å². The van der Waals surface area contributed by atoms with Crippen molar-refractivity contribution in [1.29, 1.82) is 0 Å². The lowest BCUT2D eigenvalue weighted by Crippen LogP contribution is -2.34. The molecular weight excluding hydrogens is 250 g/mol. The van der Waals surface area contributed by atoms with Gasteiger partial charge < -0.3 is 10.2 Å². The fourth-order valence-electron chi connectivity index (χ4n) is 1.83. The summed E-state index contributed by atoms with van der Waals surface area (Å²) in [5.74, 6) is 0. The Morgan fingerprint density at radius 3 is 2.83 bits per heavy atom. The summed E-state index contributed by atoms with van der Waals surface area (Å²) in [5.41, 5.74) is 0.700. The number of nitrogens with one attached hydrogen (secondary N) is 1. The zero-order chi connectivity index (χ0) is 13.0. The van der Waals surface area contributed by atoms with Crippen molar-refractivity contribution in [1.82, 2.24) is 5.32 Å². The lowest BCUT2D eigenvalue weighted by atomic mass is 10.3. The number of para-hydroxylation sites is 1. The van der Waals surface area contributed by atoms with Crippen LogP contribution < -0.4 is 10.2 Å². The average Bonchev–Trinajstić information content (AvgIpc) is 2.37. The fourth-order valence-corrected chi connectivity index (χ4v) is 2.88. The Kier molecular flexibility index (Phi) is 3.98. The van der Waals surface area contributed by atoms with Crippen molar-refractivity contribution in [2.45, 2.75) is 18.2 Å². The normalized spacial score (nSPS) is 16.6. The van der Waals surface area contributed by atoms with E-state index < -0.39 is 10.0 Å². The summed E-state index contributed by atoms with van der Waals surface area (Å²) in [6.45, 7) is 4.58. The second-order valence-corrected chi connectivity index (χ2v) is 5.71. The molecule has 0 aliphatic carbocycles. The first-order valence-electron chi connectivity index (χ1n) is 6.02. The Morgan fingerprint density at radius 1 is 1.28 bits per heavy atom. The highest BCUT2D eigenvalue weighted by Crippen LogP contribution is 2.28. The predicted octanol–water partition coefficient (Wildman–Crippen LogP) is 1.22. The van der Waals surface area contributed by atoms with Crippen LogP contribution in [0.5, 0.6) is 0 Å². The molecule has 0 amide bonds. The number of hydrogen-bond donors (Lipinski definition) is 1. The molecule has 1 aromatic rings. The Bertz CT molecular complexity index is 540. The van der Waals surface area contributed by atoms with Crippen LogP contribution in [0.15, 0.2) is 33.6 Å². The summed E-state index contributed by atoms with van der Waals surface area (Å²) in [6, 6.07) is 6.94. The van der Waals surface area contributed by atoms with Crippen molar-refractivity contribution in [2.24, 2.45) is 4.40 Å². The van der Waals surface area contributed by atoms with Gasteiger partial charge in [0.15, 0.2) is 0 Å². The first-order chi connectivity index (χ1) is 8.65.